The van der Waals surface area contributed by atoms with Gasteiger partial charge in [0.1, 0.15) is 11.5 Å². The van der Waals surface area contributed by atoms with Crippen LogP contribution in [-0.4, -0.2) is 11.0 Å². The van der Waals surface area contributed by atoms with Gasteiger partial charge in [0, 0.05) is 10.6 Å². The number of benzene rings is 2. The maximum Gasteiger partial charge on any atom is 0.170 e. The van der Waals surface area contributed by atoms with Crippen LogP contribution in [0.25, 0.3) is 0 Å². The van der Waals surface area contributed by atoms with Gasteiger partial charge in [-0.2, -0.15) is 0 Å². The highest BCUT2D eigenvalue weighted by Gasteiger charge is 2.07. The first-order chi connectivity index (χ1) is 9.51. The van der Waals surface area contributed by atoms with Crippen LogP contribution < -0.4 is 10.5 Å². The van der Waals surface area contributed by atoms with Gasteiger partial charge in [-0.15, -0.1) is 0 Å². The first-order valence-electron chi connectivity index (χ1n) is 6.04. The minimum absolute atomic E-state index is 0.0803. The van der Waals surface area contributed by atoms with Gasteiger partial charge in [-0.1, -0.05) is 16.8 Å². The predicted octanol–water partition coefficient (Wildman–Crippen LogP) is 3.84. The van der Waals surface area contributed by atoms with E-state index in [9.17, 15) is 0 Å². The highest BCUT2D eigenvalue weighted by Crippen LogP contribution is 2.28. The lowest BCUT2D eigenvalue weighted by molar-refractivity contribution is 0.318. The third kappa shape index (κ3) is 3.03. The van der Waals surface area contributed by atoms with E-state index in [1.807, 2.05) is 32.0 Å². The van der Waals surface area contributed by atoms with E-state index < -0.39 is 0 Å². The molecule has 4 nitrogen and oxygen atoms in total. The molecule has 0 aliphatic carbocycles. The van der Waals surface area contributed by atoms with Crippen molar-refractivity contribution in [2.75, 3.05) is 0 Å². The van der Waals surface area contributed by atoms with Crippen molar-refractivity contribution in [3.05, 3.63) is 58.1 Å². The summed E-state index contributed by atoms with van der Waals surface area (Å²) in [5.74, 6) is 1.50. The molecular weight excluding hydrogens is 276 g/mol. The van der Waals surface area contributed by atoms with E-state index in [2.05, 4.69) is 5.16 Å². The summed E-state index contributed by atoms with van der Waals surface area (Å²) in [4.78, 5) is 0. The Hall–Kier alpha value is -2.20. The third-order valence-electron chi connectivity index (χ3n) is 2.95. The van der Waals surface area contributed by atoms with Crippen molar-refractivity contribution >= 4 is 17.4 Å². The maximum atomic E-state index is 8.70. The van der Waals surface area contributed by atoms with Gasteiger partial charge in [0.05, 0.1) is 0 Å². The molecule has 0 bridgehead atoms. The Balaban J connectivity index is 2.29. The Labute approximate surface area is 122 Å². The molecule has 0 aliphatic rings. The number of oxime groups is 1. The van der Waals surface area contributed by atoms with Crippen molar-refractivity contribution in [1.29, 1.82) is 0 Å². The van der Waals surface area contributed by atoms with Gasteiger partial charge >= 0.3 is 0 Å². The zero-order chi connectivity index (χ0) is 14.7. The fourth-order valence-corrected chi connectivity index (χ4v) is 2.12. The minimum Gasteiger partial charge on any atom is -0.457 e. The second kappa shape index (κ2) is 5.84. The highest BCUT2D eigenvalue weighted by atomic mass is 35.5. The summed E-state index contributed by atoms with van der Waals surface area (Å²) in [6, 6.07) is 10.8. The first kappa shape index (κ1) is 14.2. The molecule has 20 heavy (non-hydrogen) atoms. The molecule has 0 saturated heterocycles. The molecule has 0 aromatic heterocycles. The molecule has 2 aromatic carbocycles. The number of ether oxygens (including phenoxy) is 1. The number of hydrogen-bond donors (Lipinski definition) is 2. The van der Waals surface area contributed by atoms with Crippen molar-refractivity contribution in [3.8, 4) is 11.5 Å². The van der Waals surface area contributed by atoms with E-state index >= 15 is 0 Å². The van der Waals surface area contributed by atoms with Gasteiger partial charge < -0.3 is 15.7 Å². The second-order valence-corrected chi connectivity index (χ2v) is 4.91. The number of halogens is 1. The van der Waals surface area contributed by atoms with E-state index in [0.717, 1.165) is 16.9 Å². The quantitative estimate of drug-likeness (QED) is 0.390. The molecular formula is C15H15ClN2O2. The molecule has 0 saturated carbocycles. The molecule has 0 fully saturated rings. The molecule has 0 radical (unpaired) electrons. The van der Waals surface area contributed by atoms with Gasteiger partial charge in [-0.25, -0.2) is 0 Å². The Bertz CT molecular complexity index is 669. The largest absolute Gasteiger partial charge is 0.457 e. The van der Waals surface area contributed by atoms with Crippen molar-refractivity contribution in [2.24, 2.45) is 10.9 Å². The lowest BCUT2D eigenvalue weighted by Gasteiger charge is -2.11. The normalized spacial score (nSPS) is 11.4. The Morgan fingerprint density at radius 3 is 2.50 bits per heavy atom. The lowest BCUT2D eigenvalue weighted by Crippen LogP contribution is -2.14. The summed E-state index contributed by atoms with van der Waals surface area (Å²) in [6.07, 6.45) is 0. The van der Waals surface area contributed by atoms with E-state index in [1.165, 1.54) is 0 Å². The number of hydrogen-bond acceptors (Lipinski definition) is 3. The van der Waals surface area contributed by atoms with Crippen LogP contribution in [0.5, 0.6) is 11.5 Å². The number of aryl methyl sites for hydroxylation is 2. The molecule has 0 spiro atoms. The second-order valence-electron chi connectivity index (χ2n) is 4.47. The molecule has 2 aromatic rings. The summed E-state index contributed by atoms with van der Waals surface area (Å²) < 4.78 is 5.81. The molecule has 3 N–H and O–H groups in total. The van der Waals surface area contributed by atoms with Gasteiger partial charge in [0.25, 0.3) is 0 Å². The average molecular weight is 291 g/mol. The van der Waals surface area contributed by atoms with Crippen LogP contribution in [0.2, 0.25) is 5.02 Å². The molecule has 104 valence electrons. The molecule has 0 unspecified atom stereocenters. The average Bonchev–Trinajstić information content (AvgIpc) is 2.41. The van der Waals surface area contributed by atoms with Gasteiger partial charge in [-0.3, -0.25) is 0 Å². The molecule has 0 heterocycles. The lowest BCUT2D eigenvalue weighted by atomic mass is 10.1. The molecule has 5 heteroatoms. The van der Waals surface area contributed by atoms with Crippen LogP contribution in [0.1, 0.15) is 16.7 Å². The minimum atomic E-state index is 0.0803. The Kier molecular flexibility index (Phi) is 4.15. The molecule has 0 aliphatic heterocycles. The van der Waals surface area contributed by atoms with E-state index in [4.69, 9.17) is 27.3 Å². The number of amidine groups is 1. The van der Waals surface area contributed by atoms with Gasteiger partial charge in [0.15, 0.2) is 5.84 Å². The number of nitrogens with two attached hydrogens (primary N) is 1. The van der Waals surface area contributed by atoms with Crippen molar-refractivity contribution in [1.82, 2.24) is 0 Å². The van der Waals surface area contributed by atoms with Crippen LogP contribution in [0, 0.1) is 13.8 Å². The fourth-order valence-electron chi connectivity index (χ4n) is 1.90. The SMILES string of the molecule is Cc1cc(Cl)ccc1Oc1ccc(/C(N)=N/O)c(C)c1. The van der Waals surface area contributed by atoms with Gasteiger partial charge in [0.2, 0.25) is 0 Å². The smallest absolute Gasteiger partial charge is 0.170 e. The molecule has 0 amide bonds. The Morgan fingerprint density at radius 1 is 1.15 bits per heavy atom. The number of nitrogens with zero attached hydrogens (tertiary/aromatic N) is 1. The maximum absolute atomic E-state index is 8.70. The van der Waals surface area contributed by atoms with E-state index in [0.29, 0.717) is 16.3 Å². The summed E-state index contributed by atoms with van der Waals surface area (Å²) >= 11 is 5.91. The summed E-state index contributed by atoms with van der Waals surface area (Å²) in [5, 5.41) is 12.4. The highest BCUT2D eigenvalue weighted by molar-refractivity contribution is 6.30. The monoisotopic (exact) mass is 290 g/mol. The summed E-state index contributed by atoms with van der Waals surface area (Å²) in [5.41, 5.74) is 8.08. The fraction of sp³-hybridized carbons (Fsp3) is 0.133. The third-order valence-corrected chi connectivity index (χ3v) is 3.18. The van der Waals surface area contributed by atoms with Crippen LogP contribution in [-0.2, 0) is 0 Å². The summed E-state index contributed by atoms with van der Waals surface area (Å²) in [7, 11) is 0. The number of rotatable bonds is 3. The summed E-state index contributed by atoms with van der Waals surface area (Å²) in [6.45, 7) is 3.80. The van der Waals surface area contributed by atoms with E-state index in [1.54, 1.807) is 18.2 Å². The van der Waals surface area contributed by atoms with Crippen molar-refractivity contribution in [2.45, 2.75) is 13.8 Å². The van der Waals surface area contributed by atoms with Crippen LogP contribution in [0.3, 0.4) is 0 Å². The molecule has 0 atom stereocenters. The van der Waals surface area contributed by atoms with Gasteiger partial charge in [-0.05, 0) is 61.4 Å². The van der Waals surface area contributed by atoms with Crippen LogP contribution in [0.4, 0.5) is 0 Å². The first-order valence-corrected chi connectivity index (χ1v) is 6.41. The van der Waals surface area contributed by atoms with Crippen molar-refractivity contribution in [3.63, 3.8) is 0 Å². The van der Waals surface area contributed by atoms with E-state index in [-0.39, 0.29) is 5.84 Å². The standard InChI is InChI=1S/C15H15ClN2O2/c1-9-8-12(4-5-13(9)15(17)18-19)20-14-6-3-11(16)7-10(14)2/h3-8,19H,1-2H3,(H2,17,18). The van der Waals surface area contributed by atoms with Crippen LogP contribution in [0.15, 0.2) is 41.6 Å². The molecule has 2 rings (SSSR count). The van der Waals surface area contributed by atoms with Crippen molar-refractivity contribution < 1.29 is 9.94 Å². The zero-order valence-corrected chi connectivity index (χ0v) is 12.0. The van der Waals surface area contributed by atoms with Crippen LogP contribution >= 0.6 is 11.6 Å². The Morgan fingerprint density at radius 2 is 1.90 bits per heavy atom. The topological polar surface area (TPSA) is 67.8 Å². The predicted molar refractivity (Wildman–Crippen MR) is 80.0 cm³/mol. The zero-order valence-electron chi connectivity index (χ0n) is 11.2.